The maximum Gasteiger partial charge on any atom is 0.573 e. The van der Waals surface area contributed by atoms with E-state index in [9.17, 15) is 18.0 Å². The number of aromatic nitrogens is 3. The van der Waals surface area contributed by atoms with Gasteiger partial charge in [0.1, 0.15) is 11.3 Å². The second-order valence-corrected chi connectivity index (χ2v) is 6.33. The predicted octanol–water partition coefficient (Wildman–Crippen LogP) is 3.14. The van der Waals surface area contributed by atoms with Crippen molar-refractivity contribution in [2.24, 2.45) is 5.73 Å². The van der Waals surface area contributed by atoms with E-state index in [0.717, 1.165) is 0 Å². The van der Waals surface area contributed by atoms with Gasteiger partial charge < -0.3 is 15.4 Å². The summed E-state index contributed by atoms with van der Waals surface area (Å²) in [6.45, 7) is 3.68. The second-order valence-electron chi connectivity index (χ2n) is 6.33. The number of hydrogen-bond donors (Lipinski definition) is 1. The van der Waals surface area contributed by atoms with E-state index in [4.69, 9.17) is 5.73 Å². The Balaban J connectivity index is 2.07. The number of para-hydroxylation sites is 1. The van der Waals surface area contributed by atoms with Crippen LogP contribution < -0.4 is 15.4 Å². The van der Waals surface area contributed by atoms with Crippen molar-refractivity contribution in [3.63, 3.8) is 0 Å². The molecule has 0 aliphatic rings. The first-order chi connectivity index (χ1) is 13.2. The molecule has 0 bridgehead atoms. The van der Waals surface area contributed by atoms with Gasteiger partial charge in [0, 0.05) is 30.5 Å². The van der Waals surface area contributed by atoms with Gasteiger partial charge in [-0.2, -0.15) is 0 Å². The minimum Gasteiger partial charge on any atom is -0.405 e. The van der Waals surface area contributed by atoms with E-state index in [0.29, 0.717) is 0 Å². The number of primary amides is 1. The van der Waals surface area contributed by atoms with Crippen LogP contribution in [0, 0.1) is 0 Å². The van der Waals surface area contributed by atoms with Gasteiger partial charge in [-0.05, 0) is 26.0 Å². The van der Waals surface area contributed by atoms with E-state index >= 15 is 0 Å². The molecule has 0 aliphatic heterocycles. The Kier molecular flexibility index (Phi) is 5.12. The third kappa shape index (κ3) is 4.00. The minimum atomic E-state index is -4.82. The quantitative estimate of drug-likeness (QED) is 0.695. The largest absolute Gasteiger partial charge is 0.573 e. The molecule has 0 saturated heterocycles. The Morgan fingerprint density at radius 1 is 1.29 bits per heavy atom. The molecule has 3 aromatic rings. The van der Waals surface area contributed by atoms with E-state index in [1.165, 1.54) is 28.9 Å². The smallest absolute Gasteiger partial charge is 0.405 e. The molecule has 0 spiro atoms. The monoisotopic (exact) mass is 393 g/mol. The molecule has 3 rings (SSSR count). The Morgan fingerprint density at radius 3 is 2.64 bits per heavy atom. The van der Waals surface area contributed by atoms with Gasteiger partial charge in [0.15, 0.2) is 11.5 Å². The first-order valence-corrected chi connectivity index (χ1v) is 8.41. The highest BCUT2D eigenvalue weighted by Crippen LogP contribution is 2.31. The molecule has 1 aromatic carbocycles. The SMILES string of the molecule is CC(C)N(Cc1ccccc1OC(F)(F)F)c1nn2cccnc2c1C(N)=O. The molecule has 0 saturated carbocycles. The number of halogens is 3. The van der Waals surface area contributed by atoms with Crippen LogP contribution in [-0.4, -0.2) is 32.9 Å². The van der Waals surface area contributed by atoms with Gasteiger partial charge in [-0.15, -0.1) is 18.3 Å². The first-order valence-electron chi connectivity index (χ1n) is 8.41. The lowest BCUT2D eigenvalue weighted by Crippen LogP contribution is -2.33. The number of anilines is 1. The highest BCUT2D eigenvalue weighted by Gasteiger charge is 2.33. The number of nitrogens with zero attached hydrogens (tertiary/aromatic N) is 4. The van der Waals surface area contributed by atoms with Crippen molar-refractivity contribution in [3.05, 3.63) is 53.9 Å². The maximum atomic E-state index is 12.7. The third-order valence-electron chi connectivity index (χ3n) is 4.06. The molecule has 148 valence electrons. The predicted molar refractivity (Wildman–Crippen MR) is 95.9 cm³/mol. The zero-order valence-electron chi connectivity index (χ0n) is 15.1. The summed E-state index contributed by atoms with van der Waals surface area (Å²) in [5, 5.41) is 4.37. The Hall–Kier alpha value is -3.30. The lowest BCUT2D eigenvalue weighted by molar-refractivity contribution is -0.274. The first kappa shape index (κ1) is 19.5. The fraction of sp³-hybridized carbons (Fsp3) is 0.278. The highest BCUT2D eigenvalue weighted by atomic mass is 19.4. The van der Waals surface area contributed by atoms with Gasteiger partial charge in [-0.1, -0.05) is 18.2 Å². The number of benzene rings is 1. The van der Waals surface area contributed by atoms with Crippen molar-refractivity contribution in [2.75, 3.05) is 4.90 Å². The molecule has 0 unspecified atom stereocenters. The molecular formula is C18H18F3N5O2. The molecule has 1 amide bonds. The summed E-state index contributed by atoms with van der Waals surface area (Å²) in [6, 6.07) is 7.25. The molecule has 0 radical (unpaired) electrons. The fourth-order valence-corrected chi connectivity index (χ4v) is 2.84. The molecular weight excluding hydrogens is 375 g/mol. The molecule has 28 heavy (non-hydrogen) atoms. The van der Waals surface area contributed by atoms with Gasteiger partial charge in [-0.25, -0.2) is 9.50 Å². The van der Waals surface area contributed by atoms with Crippen LogP contribution >= 0.6 is 0 Å². The van der Waals surface area contributed by atoms with Crippen LogP contribution in [0.4, 0.5) is 19.0 Å². The summed E-state index contributed by atoms with van der Waals surface area (Å²) < 4.78 is 43.7. The van der Waals surface area contributed by atoms with Crippen molar-refractivity contribution >= 4 is 17.4 Å². The molecule has 7 nitrogen and oxygen atoms in total. The lowest BCUT2D eigenvalue weighted by atomic mass is 10.1. The van der Waals surface area contributed by atoms with Crippen LogP contribution in [0.1, 0.15) is 29.8 Å². The number of carbonyl (C=O) groups excluding carboxylic acids is 1. The topological polar surface area (TPSA) is 85.8 Å². The lowest BCUT2D eigenvalue weighted by Gasteiger charge is -2.28. The van der Waals surface area contributed by atoms with E-state index in [1.807, 2.05) is 13.8 Å². The van der Waals surface area contributed by atoms with Crippen molar-refractivity contribution in [1.29, 1.82) is 0 Å². The maximum absolute atomic E-state index is 12.7. The molecule has 2 aromatic heterocycles. The number of nitrogens with two attached hydrogens (primary N) is 1. The zero-order chi connectivity index (χ0) is 20.5. The second kappa shape index (κ2) is 7.37. The fourth-order valence-electron chi connectivity index (χ4n) is 2.84. The van der Waals surface area contributed by atoms with E-state index < -0.39 is 12.3 Å². The Labute approximate surface area is 158 Å². The van der Waals surface area contributed by atoms with Crippen LogP contribution in [0.15, 0.2) is 42.7 Å². The normalized spacial score (nSPS) is 11.8. The summed E-state index contributed by atoms with van der Waals surface area (Å²) >= 11 is 0. The van der Waals surface area contributed by atoms with Crippen LogP contribution in [0.3, 0.4) is 0 Å². The Morgan fingerprint density at radius 2 is 2.00 bits per heavy atom. The number of rotatable bonds is 6. The van der Waals surface area contributed by atoms with Crippen molar-refractivity contribution in [1.82, 2.24) is 14.6 Å². The summed E-state index contributed by atoms with van der Waals surface area (Å²) in [7, 11) is 0. The average Bonchev–Trinajstić information content (AvgIpc) is 2.98. The van der Waals surface area contributed by atoms with E-state index in [-0.39, 0.29) is 40.9 Å². The molecule has 2 heterocycles. The molecule has 2 N–H and O–H groups in total. The van der Waals surface area contributed by atoms with Gasteiger partial charge >= 0.3 is 6.36 Å². The van der Waals surface area contributed by atoms with Gasteiger partial charge in [0.2, 0.25) is 0 Å². The third-order valence-corrected chi connectivity index (χ3v) is 4.06. The standard InChI is InChI=1S/C18H18F3N5O2/c1-11(2)25(10-12-6-3-4-7-13(12)28-18(19,20)21)17-14(15(22)27)16-23-8-5-9-26(16)24-17/h3-9,11H,10H2,1-2H3,(H2,22,27). The molecule has 0 atom stereocenters. The molecule has 0 fully saturated rings. The van der Waals surface area contributed by atoms with Crippen molar-refractivity contribution in [2.45, 2.75) is 32.8 Å². The summed E-state index contributed by atoms with van der Waals surface area (Å²) in [6.07, 6.45) is -1.71. The van der Waals surface area contributed by atoms with Crippen molar-refractivity contribution < 1.29 is 22.7 Å². The van der Waals surface area contributed by atoms with Crippen LogP contribution in [0.5, 0.6) is 5.75 Å². The van der Waals surface area contributed by atoms with E-state index in [1.54, 1.807) is 23.2 Å². The summed E-state index contributed by atoms with van der Waals surface area (Å²) in [5.74, 6) is -0.805. The van der Waals surface area contributed by atoms with Crippen LogP contribution in [0.25, 0.3) is 5.65 Å². The van der Waals surface area contributed by atoms with Gasteiger partial charge in [0.05, 0.1) is 0 Å². The zero-order valence-corrected chi connectivity index (χ0v) is 15.1. The number of amides is 1. The number of fused-ring (bicyclic) bond motifs is 1. The van der Waals surface area contributed by atoms with Crippen LogP contribution in [0.2, 0.25) is 0 Å². The van der Waals surface area contributed by atoms with Crippen LogP contribution in [-0.2, 0) is 6.54 Å². The minimum absolute atomic E-state index is 0.0219. The number of alkyl halides is 3. The molecule has 10 heteroatoms. The highest BCUT2D eigenvalue weighted by molar-refractivity contribution is 6.03. The molecule has 0 aliphatic carbocycles. The van der Waals surface area contributed by atoms with Gasteiger partial charge in [0.25, 0.3) is 5.91 Å². The van der Waals surface area contributed by atoms with Gasteiger partial charge in [-0.3, -0.25) is 4.79 Å². The average molecular weight is 393 g/mol. The number of hydrogen-bond acceptors (Lipinski definition) is 5. The summed E-state index contributed by atoms with van der Waals surface area (Å²) in [5.41, 5.74) is 6.20. The Bertz CT molecular complexity index is 1000. The summed E-state index contributed by atoms with van der Waals surface area (Å²) in [4.78, 5) is 17.9. The van der Waals surface area contributed by atoms with E-state index in [2.05, 4.69) is 14.8 Å². The number of ether oxygens (including phenoxy) is 1. The number of carbonyl (C=O) groups is 1. The van der Waals surface area contributed by atoms with Crippen molar-refractivity contribution in [3.8, 4) is 5.75 Å².